The fraction of sp³-hybridized carbons (Fsp3) is 0.207. The third-order valence-corrected chi connectivity index (χ3v) is 7.02. The summed E-state index contributed by atoms with van der Waals surface area (Å²) in [4.78, 5) is 32.9. The Balaban J connectivity index is 1.58. The Bertz CT molecular complexity index is 1750. The first-order valence-corrected chi connectivity index (χ1v) is 12.4. The SMILES string of the molecule is C#CCn1c(=O)c([N+](=O)[O-])c(N2CCN([C@@H](c3ccc(F)cc3)c3ccccc3O)CC2)c2nc(C#N)ccc21. The number of hydrogen-bond donors (Lipinski definition) is 1. The number of terminal acetylenes is 1. The number of nitro groups is 1. The number of pyridine rings is 2. The van der Waals surface area contributed by atoms with Gasteiger partial charge in [-0.2, -0.15) is 5.26 Å². The normalized spacial score (nSPS) is 14.4. The van der Waals surface area contributed by atoms with E-state index in [1.54, 1.807) is 41.3 Å². The van der Waals surface area contributed by atoms with E-state index in [-0.39, 0.29) is 48.1 Å². The number of aromatic hydroxyl groups is 1. The lowest BCUT2D eigenvalue weighted by Gasteiger charge is -2.40. The molecule has 1 atom stereocenters. The molecule has 1 aliphatic heterocycles. The quantitative estimate of drug-likeness (QED) is 0.224. The third kappa shape index (κ3) is 4.70. The van der Waals surface area contributed by atoms with Crippen molar-refractivity contribution in [2.45, 2.75) is 12.6 Å². The van der Waals surface area contributed by atoms with Gasteiger partial charge in [-0.05, 0) is 35.9 Å². The van der Waals surface area contributed by atoms with Gasteiger partial charge in [0.25, 0.3) is 0 Å². The maximum atomic E-state index is 13.7. The van der Waals surface area contributed by atoms with E-state index in [1.165, 1.54) is 24.3 Å². The summed E-state index contributed by atoms with van der Waals surface area (Å²) in [6.45, 7) is 1.13. The Hall–Kier alpha value is -5.26. The lowest BCUT2D eigenvalue weighted by atomic mass is 9.95. The smallest absolute Gasteiger partial charge is 0.359 e. The van der Waals surface area contributed by atoms with Gasteiger partial charge in [0, 0.05) is 31.7 Å². The molecule has 200 valence electrons. The van der Waals surface area contributed by atoms with Gasteiger partial charge in [-0.3, -0.25) is 24.4 Å². The molecular weight excluding hydrogens is 515 g/mol. The molecule has 11 heteroatoms. The van der Waals surface area contributed by atoms with E-state index in [2.05, 4.69) is 15.8 Å². The molecule has 0 unspecified atom stereocenters. The van der Waals surface area contributed by atoms with E-state index in [1.807, 2.05) is 6.07 Å². The molecule has 1 N–H and O–H groups in total. The van der Waals surface area contributed by atoms with Gasteiger partial charge in [-0.15, -0.1) is 6.42 Å². The average Bonchev–Trinajstić information content (AvgIpc) is 2.96. The number of phenolic OH excluding ortho intramolecular Hbond substituents is 1. The Labute approximate surface area is 228 Å². The average molecular weight is 539 g/mol. The Kier molecular flexibility index (Phi) is 7.15. The van der Waals surface area contributed by atoms with E-state index in [0.717, 1.165) is 10.1 Å². The third-order valence-electron chi connectivity index (χ3n) is 7.02. The summed E-state index contributed by atoms with van der Waals surface area (Å²) in [5, 5.41) is 32.3. The van der Waals surface area contributed by atoms with Gasteiger partial charge in [0.15, 0.2) is 5.69 Å². The molecule has 0 aliphatic carbocycles. The maximum Gasteiger partial charge on any atom is 0.359 e. The number of piperazine rings is 1. The van der Waals surface area contributed by atoms with Crippen LogP contribution in [0, 0.1) is 39.6 Å². The minimum absolute atomic E-state index is 0.0379. The van der Waals surface area contributed by atoms with Gasteiger partial charge in [-0.1, -0.05) is 36.3 Å². The van der Waals surface area contributed by atoms with Crippen LogP contribution in [-0.2, 0) is 6.54 Å². The highest BCUT2D eigenvalue weighted by atomic mass is 19.1. The summed E-state index contributed by atoms with van der Waals surface area (Å²) in [6, 6.07) is 17.4. The largest absolute Gasteiger partial charge is 0.508 e. The molecule has 10 nitrogen and oxygen atoms in total. The molecule has 4 aromatic rings. The van der Waals surface area contributed by atoms with Crippen molar-refractivity contribution in [3.8, 4) is 24.2 Å². The molecule has 2 aromatic heterocycles. The highest BCUT2D eigenvalue weighted by Crippen LogP contribution is 2.37. The number of rotatable bonds is 6. The summed E-state index contributed by atoms with van der Waals surface area (Å²) in [5.41, 5.74) is 0.418. The fourth-order valence-electron chi connectivity index (χ4n) is 5.22. The Morgan fingerprint density at radius 3 is 2.42 bits per heavy atom. The zero-order chi connectivity index (χ0) is 28.4. The molecule has 1 fully saturated rings. The van der Waals surface area contributed by atoms with Crippen LogP contribution in [0.1, 0.15) is 22.9 Å². The Morgan fingerprint density at radius 1 is 1.10 bits per heavy atom. The van der Waals surface area contributed by atoms with Gasteiger partial charge in [0.05, 0.1) is 23.0 Å². The highest BCUT2D eigenvalue weighted by molar-refractivity contribution is 5.94. The first-order valence-electron chi connectivity index (χ1n) is 12.4. The standard InChI is InChI=1S/C29H23FN6O4/c1-2-13-35-23-12-11-21(18-31)32-25(23)27(28(29(35)38)36(39)40)34-16-14-33(15-17-34)26(19-7-9-20(30)10-8-19)22-5-3-4-6-24(22)37/h1,3-12,26,37H,13-17H2/t26-/m0/s1. The van der Waals surface area contributed by atoms with Crippen LogP contribution in [0.25, 0.3) is 11.0 Å². The molecule has 2 aromatic carbocycles. The first-order chi connectivity index (χ1) is 19.3. The van der Waals surface area contributed by atoms with Crippen molar-refractivity contribution in [3.63, 3.8) is 0 Å². The number of benzene rings is 2. The van der Waals surface area contributed by atoms with Crippen LogP contribution in [0.3, 0.4) is 0 Å². The zero-order valence-electron chi connectivity index (χ0n) is 21.2. The predicted octanol–water partition coefficient (Wildman–Crippen LogP) is 3.57. The molecule has 0 radical (unpaired) electrons. The zero-order valence-corrected chi connectivity index (χ0v) is 21.2. The van der Waals surface area contributed by atoms with E-state index in [4.69, 9.17) is 6.42 Å². The summed E-state index contributed by atoms with van der Waals surface area (Å²) >= 11 is 0. The summed E-state index contributed by atoms with van der Waals surface area (Å²) in [7, 11) is 0. The van der Waals surface area contributed by atoms with Crippen LogP contribution < -0.4 is 10.5 Å². The van der Waals surface area contributed by atoms with Crippen molar-refractivity contribution in [1.29, 1.82) is 5.26 Å². The van der Waals surface area contributed by atoms with E-state index < -0.39 is 22.2 Å². The van der Waals surface area contributed by atoms with Gasteiger partial charge in [0.2, 0.25) is 0 Å². The molecule has 0 saturated carbocycles. The summed E-state index contributed by atoms with van der Waals surface area (Å²) in [6.07, 6.45) is 5.44. The fourth-order valence-corrected chi connectivity index (χ4v) is 5.22. The van der Waals surface area contributed by atoms with Crippen molar-refractivity contribution in [1.82, 2.24) is 14.5 Å². The summed E-state index contributed by atoms with van der Waals surface area (Å²) in [5.74, 6) is 2.06. The van der Waals surface area contributed by atoms with E-state index in [0.29, 0.717) is 24.2 Å². The van der Waals surface area contributed by atoms with Crippen LogP contribution in [0.4, 0.5) is 15.8 Å². The van der Waals surface area contributed by atoms with Gasteiger partial charge in [0.1, 0.15) is 28.8 Å². The van der Waals surface area contributed by atoms with Gasteiger partial charge >= 0.3 is 11.2 Å². The number of aromatic nitrogens is 2. The molecular formula is C29H23FN6O4. The lowest BCUT2D eigenvalue weighted by molar-refractivity contribution is -0.385. The molecule has 1 aliphatic rings. The minimum atomic E-state index is -0.849. The first kappa shape index (κ1) is 26.4. The van der Waals surface area contributed by atoms with Gasteiger partial charge < -0.3 is 10.0 Å². The number of phenols is 1. The van der Waals surface area contributed by atoms with Crippen LogP contribution in [0.2, 0.25) is 0 Å². The number of nitrogens with zero attached hydrogens (tertiary/aromatic N) is 6. The van der Waals surface area contributed by atoms with Crippen molar-refractivity contribution in [2.24, 2.45) is 0 Å². The number of hydrogen-bond acceptors (Lipinski definition) is 8. The van der Waals surface area contributed by atoms with Crippen LogP contribution in [-0.4, -0.2) is 50.7 Å². The molecule has 40 heavy (non-hydrogen) atoms. The minimum Gasteiger partial charge on any atom is -0.508 e. The van der Waals surface area contributed by atoms with Crippen molar-refractivity contribution in [2.75, 3.05) is 31.1 Å². The predicted molar refractivity (Wildman–Crippen MR) is 146 cm³/mol. The number of fused-ring (bicyclic) bond motifs is 1. The van der Waals surface area contributed by atoms with Crippen molar-refractivity contribution >= 4 is 22.4 Å². The van der Waals surface area contributed by atoms with Crippen LogP contribution >= 0.6 is 0 Å². The molecule has 0 spiro atoms. The van der Waals surface area contributed by atoms with Crippen LogP contribution in [0.15, 0.2) is 65.5 Å². The second kappa shape index (κ2) is 10.8. The molecule has 3 heterocycles. The van der Waals surface area contributed by atoms with Gasteiger partial charge in [-0.25, -0.2) is 9.37 Å². The number of halogens is 1. The number of anilines is 1. The van der Waals surface area contributed by atoms with Crippen LogP contribution in [0.5, 0.6) is 5.75 Å². The van der Waals surface area contributed by atoms with E-state index >= 15 is 0 Å². The maximum absolute atomic E-state index is 13.7. The molecule has 0 amide bonds. The topological polar surface area (TPSA) is 129 Å². The highest BCUT2D eigenvalue weighted by Gasteiger charge is 2.34. The molecule has 5 rings (SSSR count). The Morgan fingerprint density at radius 2 is 1.80 bits per heavy atom. The lowest BCUT2D eigenvalue weighted by Crippen LogP contribution is -2.48. The van der Waals surface area contributed by atoms with Crippen molar-refractivity contribution in [3.05, 3.63) is 104 Å². The van der Waals surface area contributed by atoms with E-state index in [9.17, 15) is 29.7 Å². The number of nitriles is 1. The number of para-hydroxylation sites is 1. The second-order valence-electron chi connectivity index (χ2n) is 9.26. The van der Waals surface area contributed by atoms with Crippen molar-refractivity contribution < 1.29 is 14.4 Å². The summed E-state index contributed by atoms with van der Waals surface area (Å²) < 4.78 is 14.8. The molecule has 1 saturated heterocycles. The monoisotopic (exact) mass is 538 g/mol. The molecule has 0 bridgehead atoms. The second-order valence-corrected chi connectivity index (χ2v) is 9.26.